The molecule has 0 aliphatic carbocycles. The molecule has 2 rings (SSSR count). The smallest absolute Gasteiger partial charge is 0.225 e. The van der Waals surface area contributed by atoms with Gasteiger partial charge in [-0.05, 0) is 24.2 Å². The van der Waals surface area contributed by atoms with Gasteiger partial charge in [-0.2, -0.15) is 0 Å². The molecule has 0 aliphatic rings. The Morgan fingerprint density at radius 1 is 1.11 bits per heavy atom. The average Bonchev–Trinajstić information content (AvgIpc) is 2.46. The van der Waals surface area contributed by atoms with E-state index in [1.54, 1.807) is 12.4 Å². The van der Waals surface area contributed by atoms with Gasteiger partial charge in [0.1, 0.15) is 0 Å². The maximum Gasteiger partial charge on any atom is 0.225 e. The minimum Gasteiger partial charge on any atom is -0.340 e. The van der Waals surface area contributed by atoms with E-state index in [0.717, 1.165) is 31.1 Å². The van der Waals surface area contributed by atoms with E-state index in [0.29, 0.717) is 0 Å². The van der Waals surface area contributed by atoms with Crippen molar-refractivity contribution in [3.05, 3.63) is 48.0 Å². The van der Waals surface area contributed by atoms with Crippen molar-refractivity contribution in [1.82, 2.24) is 20.3 Å². The third-order valence-corrected chi connectivity index (χ3v) is 2.78. The van der Waals surface area contributed by atoms with Gasteiger partial charge in [-0.25, -0.2) is 9.97 Å². The molecule has 0 fully saturated rings. The van der Waals surface area contributed by atoms with Gasteiger partial charge in [0.2, 0.25) is 5.95 Å². The fourth-order valence-electron chi connectivity index (χ4n) is 1.74. The molecule has 100 valence electrons. The second-order valence-electron chi connectivity index (χ2n) is 4.38. The molecule has 0 aliphatic heterocycles. The van der Waals surface area contributed by atoms with Gasteiger partial charge in [-0.15, -0.1) is 0 Å². The van der Waals surface area contributed by atoms with Gasteiger partial charge in [0.25, 0.3) is 0 Å². The molecule has 19 heavy (non-hydrogen) atoms. The predicted molar refractivity (Wildman–Crippen MR) is 75.8 cm³/mol. The van der Waals surface area contributed by atoms with Crippen LogP contribution in [-0.2, 0) is 13.1 Å². The number of rotatable bonds is 6. The first kappa shape index (κ1) is 13.4. The zero-order valence-electron chi connectivity index (χ0n) is 11.4. The monoisotopic (exact) mass is 257 g/mol. The number of aromatic nitrogens is 3. The van der Waals surface area contributed by atoms with Crippen LogP contribution in [0.5, 0.6) is 0 Å². The molecule has 5 nitrogen and oxygen atoms in total. The minimum atomic E-state index is 0.733. The molecular weight excluding hydrogens is 238 g/mol. The summed E-state index contributed by atoms with van der Waals surface area (Å²) in [6, 6.07) is 3.99. The largest absolute Gasteiger partial charge is 0.340 e. The van der Waals surface area contributed by atoms with Crippen molar-refractivity contribution in [2.45, 2.75) is 20.0 Å². The maximum atomic E-state index is 4.39. The molecule has 0 radical (unpaired) electrons. The summed E-state index contributed by atoms with van der Waals surface area (Å²) in [6.45, 7) is 4.61. The number of hydrogen-bond donors (Lipinski definition) is 1. The van der Waals surface area contributed by atoms with Crippen molar-refractivity contribution in [1.29, 1.82) is 0 Å². The van der Waals surface area contributed by atoms with Crippen LogP contribution < -0.4 is 10.2 Å². The van der Waals surface area contributed by atoms with Gasteiger partial charge < -0.3 is 10.2 Å². The lowest BCUT2D eigenvalue weighted by Crippen LogP contribution is -2.19. The summed E-state index contributed by atoms with van der Waals surface area (Å²) in [4.78, 5) is 14.8. The van der Waals surface area contributed by atoms with Crippen molar-refractivity contribution in [2.75, 3.05) is 18.5 Å². The highest BCUT2D eigenvalue weighted by Gasteiger charge is 2.05. The van der Waals surface area contributed by atoms with E-state index in [2.05, 4.69) is 27.2 Å². The molecule has 0 bridgehead atoms. The van der Waals surface area contributed by atoms with Crippen molar-refractivity contribution in [2.24, 2.45) is 0 Å². The molecule has 2 heterocycles. The van der Waals surface area contributed by atoms with Gasteiger partial charge >= 0.3 is 0 Å². The molecule has 1 N–H and O–H groups in total. The number of nitrogens with zero attached hydrogens (tertiary/aromatic N) is 4. The highest BCUT2D eigenvalue weighted by Crippen LogP contribution is 2.09. The Kier molecular flexibility index (Phi) is 4.80. The Morgan fingerprint density at radius 2 is 1.79 bits per heavy atom. The lowest BCUT2D eigenvalue weighted by atomic mass is 10.2. The average molecular weight is 257 g/mol. The maximum absolute atomic E-state index is 4.39. The molecule has 0 spiro atoms. The molecule has 5 heteroatoms. The summed E-state index contributed by atoms with van der Waals surface area (Å²) in [6.07, 6.45) is 7.33. The summed E-state index contributed by atoms with van der Waals surface area (Å²) < 4.78 is 0. The first-order valence-electron chi connectivity index (χ1n) is 6.41. The Bertz CT molecular complexity index is 483. The Balaban J connectivity index is 1.97. The van der Waals surface area contributed by atoms with Crippen LogP contribution in [-0.4, -0.2) is 28.5 Å². The topological polar surface area (TPSA) is 53.9 Å². The fraction of sp³-hybridized carbons (Fsp3) is 0.357. The van der Waals surface area contributed by atoms with Crippen molar-refractivity contribution in [3.63, 3.8) is 0 Å². The van der Waals surface area contributed by atoms with Crippen LogP contribution in [0.25, 0.3) is 0 Å². The zero-order valence-corrected chi connectivity index (χ0v) is 11.4. The number of pyridine rings is 1. The quantitative estimate of drug-likeness (QED) is 0.852. The molecule has 0 saturated carbocycles. The Labute approximate surface area is 113 Å². The van der Waals surface area contributed by atoms with Crippen LogP contribution in [0.1, 0.15) is 18.1 Å². The summed E-state index contributed by atoms with van der Waals surface area (Å²) in [5.41, 5.74) is 2.29. The number of anilines is 1. The van der Waals surface area contributed by atoms with Crippen LogP contribution in [0.4, 0.5) is 5.95 Å². The lowest BCUT2D eigenvalue weighted by molar-refractivity contribution is 0.719. The van der Waals surface area contributed by atoms with Crippen LogP contribution in [0.2, 0.25) is 0 Å². The number of nitrogens with one attached hydrogen (secondary N) is 1. The number of hydrogen-bond acceptors (Lipinski definition) is 5. The zero-order chi connectivity index (χ0) is 13.5. The Hall–Kier alpha value is -2.01. The van der Waals surface area contributed by atoms with E-state index < -0.39 is 0 Å². The van der Waals surface area contributed by atoms with E-state index in [4.69, 9.17) is 0 Å². The second kappa shape index (κ2) is 6.80. The van der Waals surface area contributed by atoms with Crippen molar-refractivity contribution in [3.8, 4) is 0 Å². The molecule has 0 saturated heterocycles. The van der Waals surface area contributed by atoms with E-state index >= 15 is 0 Å². The van der Waals surface area contributed by atoms with E-state index in [-0.39, 0.29) is 0 Å². The van der Waals surface area contributed by atoms with E-state index in [1.807, 2.05) is 36.5 Å². The first-order valence-corrected chi connectivity index (χ1v) is 6.41. The molecule has 0 unspecified atom stereocenters. The van der Waals surface area contributed by atoms with Gasteiger partial charge in [-0.3, -0.25) is 4.98 Å². The third-order valence-electron chi connectivity index (χ3n) is 2.78. The SMILES string of the molecule is CCNCc1cnc(N(C)Cc2ccncc2)nc1. The molecule has 0 amide bonds. The van der Waals surface area contributed by atoms with Crippen LogP contribution in [0.15, 0.2) is 36.9 Å². The summed E-state index contributed by atoms with van der Waals surface area (Å²) in [5, 5.41) is 3.25. The lowest BCUT2D eigenvalue weighted by Gasteiger charge is -2.17. The van der Waals surface area contributed by atoms with Gasteiger partial charge in [0.05, 0.1) is 0 Å². The van der Waals surface area contributed by atoms with Crippen molar-refractivity contribution >= 4 is 5.95 Å². The molecule has 0 aromatic carbocycles. The molecular formula is C14H19N5. The normalized spacial score (nSPS) is 10.4. The van der Waals surface area contributed by atoms with Crippen molar-refractivity contribution < 1.29 is 0 Å². The van der Waals surface area contributed by atoms with Crippen LogP contribution >= 0.6 is 0 Å². The van der Waals surface area contributed by atoms with Crippen LogP contribution in [0, 0.1) is 0 Å². The highest BCUT2D eigenvalue weighted by atomic mass is 15.2. The summed E-state index contributed by atoms with van der Waals surface area (Å²) in [7, 11) is 1.99. The summed E-state index contributed by atoms with van der Waals surface area (Å²) >= 11 is 0. The molecule has 2 aromatic rings. The van der Waals surface area contributed by atoms with E-state index in [9.17, 15) is 0 Å². The highest BCUT2D eigenvalue weighted by molar-refractivity contribution is 5.30. The minimum absolute atomic E-state index is 0.733. The third kappa shape index (κ3) is 3.99. The van der Waals surface area contributed by atoms with Gasteiger partial charge in [0, 0.05) is 50.5 Å². The molecule has 2 aromatic heterocycles. The predicted octanol–water partition coefficient (Wildman–Crippen LogP) is 1.62. The molecule has 0 atom stereocenters. The standard InChI is InChI=1S/C14H19N5/c1-3-15-8-13-9-17-14(18-10-13)19(2)11-12-4-6-16-7-5-12/h4-7,9-10,15H,3,8,11H2,1-2H3. The second-order valence-corrected chi connectivity index (χ2v) is 4.38. The van der Waals surface area contributed by atoms with Crippen LogP contribution in [0.3, 0.4) is 0 Å². The van der Waals surface area contributed by atoms with Gasteiger partial charge in [-0.1, -0.05) is 6.92 Å². The Morgan fingerprint density at radius 3 is 2.42 bits per heavy atom. The fourth-order valence-corrected chi connectivity index (χ4v) is 1.74. The van der Waals surface area contributed by atoms with Gasteiger partial charge in [0.15, 0.2) is 0 Å². The first-order chi connectivity index (χ1) is 9.29. The van der Waals surface area contributed by atoms with E-state index in [1.165, 1.54) is 5.56 Å². The summed E-state index contributed by atoms with van der Waals surface area (Å²) in [5.74, 6) is 0.733.